The van der Waals surface area contributed by atoms with Crippen LogP contribution < -0.4 is 0 Å². The van der Waals surface area contributed by atoms with Crippen molar-refractivity contribution in [1.29, 1.82) is 0 Å². The molecule has 0 unspecified atom stereocenters. The molecule has 138 valence electrons. The van der Waals surface area contributed by atoms with Gasteiger partial charge in [0.2, 0.25) is 0 Å². The van der Waals surface area contributed by atoms with E-state index in [1.807, 2.05) is 0 Å². The number of hydrogen-bond donors (Lipinski definition) is 5. The summed E-state index contributed by atoms with van der Waals surface area (Å²) in [6, 6.07) is 16.5. The van der Waals surface area contributed by atoms with E-state index in [-0.39, 0.29) is 34.4 Å². The summed E-state index contributed by atoms with van der Waals surface area (Å²) in [5, 5.41) is 53.5. The van der Waals surface area contributed by atoms with Crippen LogP contribution in [0.1, 0.15) is 10.4 Å². The standard InChI is InChI=1S/C12H10N2O4.C7H6O2/c15-7-3-1-4-8(16)11(7)13-14-12-9(17)5-2-6-10(12)18;8-7(9)6-4-2-1-3-5-6/h1-6,15-18H;1-5H,(H,8,9). The highest BCUT2D eigenvalue weighted by molar-refractivity contribution is 5.87. The molecule has 5 N–H and O–H groups in total. The second-order valence-electron chi connectivity index (χ2n) is 5.16. The van der Waals surface area contributed by atoms with E-state index in [0.29, 0.717) is 5.56 Å². The summed E-state index contributed by atoms with van der Waals surface area (Å²) in [6.07, 6.45) is 0. The highest BCUT2D eigenvalue weighted by Crippen LogP contribution is 2.40. The number of carbonyl (C=O) groups is 1. The third-order valence-electron chi connectivity index (χ3n) is 3.26. The summed E-state index contributed by atoms with van der Waals surface area (Å²) in [4.78, 5) is 10.2. The van der Waals surface area contributed by atoms with Crippen LogP contribution in [-0.2, 0) is 0 Å². The summed E-state index contributed by atoms with van der Waals surface area (Å²) in [5.41, 5.74) is 0.0535. The molecule has 0 saturated heterocycles. The number of hydrogen-bond acceptors (Lipinski definition) is 7. The van der Waals surface area contributed by atoms with Crippen LogP contribution in [0.2, 0.25) is 0 Å². The molecule has 0 saturated carbocycles. The van der Waals surface area contributed by atoms with Gasteiger partial charge in [-0.05, 0) is 36.4 Å². The van der Waals surface area contributed by atoms with E-state index in [2.05, 4.69) is 10.2 Å². The fraction of sp³-hybridized carbons (Fsp3) is 0. The maximum absolute atomic E-state index is 10.2. The summed E-state index contributed by atoms with van der Waals surface area (Å²) < 4.78 is 0. The van der Waals surface area contributed by atoms with Gasteiger partial charge in [0.25, 0.3) is 0 Å². The summed E-state index contributed by atoms with van der Waals surface area (Å²) in [6.45, 7) is 0. The maximum Gasteiger partial charge on any atom is 0.335 e. The molecule has 0 heterocycles. The molecule has 0 aromatic heterocycles. The third kappa shape index (κ3) is 5.20. The number of aromatic carboxylic acids is 1. The van der Waals surface area contributed by atoms with E-state index in [1.165, 1.54) is 36.4 Å². The monoisotopic (exact) mass is 368 g/mol. The Morgan fingerprint density at radius 3 is 1.26 bits per heavy atom. The van der Waals surface area contributed by atoms with Gasteiger partial charge in [-0.1, -0.05) is 30.3 Å². The highest BCUT2D eigenvalue weighted by Gasteiger charge is 2.08. The number of phenolic OH excluding ortho intramolecular Hbond substituents is 4. The Bertz CT molecular complexity index is 864. The topological polar surface area (TPSA) is 143 Å². The molecule has 0 bridgehead atoms. The maximum atomic E-state index is 10.2. The van der Waals surface area contributed by atoms with Crippen LogP contribution in [-0.4, -0.2) is 31.5 Å². The Morgan fingerprint density at radius 2 is 0.963 bits per heavy atom. The lowest BCUT2D eigenvalue weighted by Gasteiger charge is -2.02. The van der Waals surface area contributed by atoms with Crippen LogP contribution in [0.3, 0.4) is 0 Å². The molecule has 0 amide bonds. The first-order valence-electron chi connectivity index (χ1n) is 7.62. The molecular formula is C19H16N2O6. The van der Waals surface area contributed by atoms with E-state index in [0.717, 1.165) is 0 Å². The van der Waals surface area contributed by atoms with Crippen molar-refractivity contribution in [2.75, 3.05) is 0 Å². The van der Waals surface area contributed by atoms with Gasteiger partial charge < -0.3 is 25.5 Å². The fourth-order valence-corrected chi connectivity index (χ4v) is 1.92. The number of carboxylic acid groups (broad SMARTS) is 1. The number of carboxylic acids is 1. The van der Waals surface area contributed by atoms with Crippen molar-refractivity contribution in [3.05, 3.63) is 72.3 Å². The molecule has 0 aliphatic rings. The number of rotatable bonds is 3. The molecule has 3 aromatic carbocycles. The second-order valence-corrected chi connectivity index (χ2v) is 5.16. The van der Waals surface area contributed by atoms with Crippen molar-refractivity contribution in [2.45, 2.75) is 0 Å². The van der Waals surface area contributed by atoms with E-state index >= 15 is 0 Å². The van der Waals surface area contributed by atoms with Gasteiger partial charge >= 0.3 is 5.97 Å². The Morgan fingerprint density at radius 1 is 0.593 bits per heavy atom. The molecule has 3 rings (SSSR count). The van der Waals surface area contributed by atoms with Crippen LogP contribution in [0, 0.1) is 0 Å². The quantitative estimate of drug-likeness (QED) is 0.436. The summed E-state index contributed by atoms with van der Waals surface area (Å²) in [5.74, 6) is -1.90. The van der Waals surface area contributed by atoms with Gasteiger partial charge in [0.1, 0.15) is 23.0 Å². The first-order chi connectivity index (χ1) is 12.9. The molecule has 0 aliphatic heterocycles. The Labute approximate surface area is 153 Å². The first kappa shape index (κ1) is 19.3. The van der Waals surface area contributed by atoms with Crippen LogP contribution in [0.4, 0.5) is 11.4 Å². The van der Waals surface area contributed by atoms with Crippen LogP contribution >= 0.6 is 0 Å². The van der Waals surface area contributed by atoms with Crippen LogP contribution in [0.5, 0.6) is 23.0 Å². The van der Waals surface area contributed by atoms with Crippen LogP contribution in [0.15, 0.2) is 77.0 Å². The first-order valence-corrected chi connectivity index (χ1v) is 7.62. The van der Waals surface area contributed by atoms with Crippen molar-refractivity contribution in [2.24, 2.45) is 10.2 Å². The molecule has 0 aliphatic carbocycles. The summed E-state index contributed by atoms with van der Waals surface area (Å²) in [7, 11) is 0. The van der Waals surface area contributed by atoms with Crippen molar-refractivity contribution in [1.82, 2.24) is 0 Å². The van der Waals surface area contributed by atoms with Crippen molar-refractivity contribution in [3.63, 3.8) is 0 Å². The molecule has 3 aromatic rings. The molecule has 8 heteroatoms. The minimum Gasteiger partial charge on any atom is -0.505 e. The zero-order chi connectivity index (χ0) is 19.8. The van der Waals surface area contributed by atoms with E-state index in [1.54, 1.807) is 30.3 Å². The van der Waals surface area contributed by atoms with E-state index in [4.69, 9.17) is 5.11 Å². The molecule has 0 spiro atoms. The molecular weight excluding hydrogens is 352 g/mol. The Balaban J connectivity index is 0.000000244. The number of benzene rings is 3. The van der Waals surface area contributed by atoms with Gasteiger partial charge in [0.05, 0.1) is 5.56 Å². The number of phenols is 4. The van der Waals surface area contributed by atoms with Gasteiger partial charge in [-0.2, -0.15) is 0 Å². The smallest absolute Gasteiger partial charge is 0.335 e. The predicted octanol–water partition coefficient (Wildman–Crippen LogP) is 4.31. The van der Waals surface area contributed by atoms with Crippen molar-refractivity contribution >= 4 is 17.3 Å². The zero-order valence-corrected chi connectivity index (χ0v) is 13.9. The SMILES string of the molecule is O=C(O)c1ccccc1.Oc1cccc(O)c1N=Nc1c(O)cccc1O. The lowest BCUT2D eigenvalue weighted by Crippen LogP contribution is -1.93. The molecule has 8 nitrogen and oxygen atoms in total. The average molecular weight is 368 g/mol. The largest absolute Gasteiger partial charge is 0.505 e. The third-order valence-corrected chi connectivity index (χ3v) is 3.26. The van der Waals surface area contributed by atoms with Gasteiger partial charge in [0.15, 0.2) is 11.4 Å². The Hall–Kier alpha value is -4.07. The van der Waals surface area contributed by atoms with Crippen molar-refractivity contribution in [3.8, 4) is 23.0 Å². The van der Waals surface area contributed by atoms with Crippen molar-refractivity contribution < 1.29 is 30.3 Å². The Kier molecular flexibility index (Phi) is 6.32. The number of nitrogens with zero attached hydrogens (tertiary/aromatic N) is 2. The second kappa shape index (κ2) is 8.86. The minimum absolute atomic E-state index is 0.139. The van der Waals surface area contributed by atoms with Gasteiger partial charge in [-0.25, -0.2) is 4.79 Å². The molecule has 0 fully saturated rings. The summed E-state index contributed by atoms with van der Waals surface area (Å²) >= 11 is 0. The highest BCUT2D eigenvalue weighted by atomic mass is 16.4. The molecule has 0 radical (unpaired) electrons. The number of azo groups is 1. The molecule has 0 atom stereocenters. The predicted molar refractivity (Wildman–Crippen MR) is 97.1 cm³/mol. The van der Waals surface area contributed by atoms with E-state index in [9.17, 15) is 25.2 Å². The fourth-order valence-electron chi connectivity index (χ4n) is 1.92. The zero-order valence-electron chi connectivity index (χ0n) is 13.9. The lowest BCUT2D eigenvalue weighted by molar-refractivity contribution is 0.0697. The van der Waals surface area contributed by atoms with Gasteiger partial charge in [-0.15, -0.1) is 10.2 Å². The lowest BCUT2D eigenvalue weighted by atomic mass is 10.2. The number of aromatic hydroxyl groups is 4. The van der Waals surface area contributed by atoms with Crippen LogP contribution in [0.25, 0.3) is 0 Å². The van der Waals surface area contributed by atoms with Gasteiger partial charge in [-0.3, -0.25) is 0 Å². The van der Waals surface area contributed by atoms with Gasteiger partial charge in [0, 0.05) is 0 Å². The molecule has 27 heavy (non-hydrogen) atoms. The van der Waals surface area contributed by atoms with E-state index < -0.39 is 5.97 Å². The minimum atomic E-state index is -0.879. The normalized spacial score (nSPS) is 10.2. The average Bonchev–Trinajstić information content (AvgIpc) is 2.64.